The molecule has 1 fully saturated rings. The first-order chi connectivity index (χ1) is 10.2. The number of benzene rings is 1. The predicted octanol–water partition coefficient (Wildman–Crippen LogP) is 4.74. The van der Waals surface area contributed by atoms with Crippen LogP contribution >= 0.6 is 39.5 Å². The summed E-state index contributed by atoms with van der Waals surface area (Å²) in [6.07, 6.45) is 2.18. The van der Waals surface area contributed by atoms with Crippen molar-refractivity contribution in [3.63, 3.8) is 0 Å². The van der Waals surface area contributed by atoms with Crippen LogP contribution in [0.15, 0.2) is 22.7 Å². The number of hydrogen-bond acceptors (Lipinski definition) is 3. The van der Waals surface area contributed by atoms with E-state index in [-0.39, 0.29) is 5.82 Å². The lowest BCUT2D eigenvalue weighted by atomic mass is 10.00. The smallest absolute Gasteiger partial charge is 0.137 e. The van der Waals surface area contributed by atoms with Gasteiger partial charge in [0.2, 0.25) is 0 Å². The fraction of sp³-hybridized carbons (Fsp3) is 0.625. The Kier molecular flexibility index (Phi) is 7.39. The largest absolute Gasteiger partial charge is 0.313 e. The molecule has 0 amide bonds. The lowest BCUT2D eigenvalue weighted by molar-refractivity contribution is 0.489. The summed E-state index contributed by atoms with van der Waals surface area (Å²) < 4.78 is 13.9. The molecule has 21 heavy (non-hydrogen) atoms. The predicted molar refractivity (Wildman–Crippen MR) is 98.1 cm³/mol. The molecule has 1 heterocycles. The molecule has 0 aliphatic carbocycles. The summed E-state index contributed by atoms with van der Waals surface area (Å²) in [5.41, 5.74) is 1.19. The molecule has 0 saturated carbocycles. The summed E-state index contributed by atoms with van der Waals surface area (Å²) in [5, 5.41) is 5.01. The van der Waals surface area contributed by atoms with Gasteiger partial charge in [-0.1, -0.05) is 19.9 Å². The summed E-state index contributed by atoms with van der Waals surface area (Å²) >= 11 is 7.50. The monoisotopic (exact) mass is 391 g/mol. The Morgan fingerprint density at radius 3 is 2.76 bits per heavy atom. The van der Waals surface area contributed by atoms with E-state index in [0.29, 0.717) is 15.8 Å². The summed E-state index contributed by atoms with van der Waals surface area (Å²) in [6, 6.07) is 5.84. The topological polar surface area (TPSA) is 12.0 Å². The molecule has 1 aromatic carbocycles. The second kappa shape index (κ2) is 8.80. The van der Waals surface area contributed by atoms with E-state index in [0.717, 1.165) is 18.2 Å². The third-order valence-corrected chi connectivity index (χ3v) is 7.81. The number of likely N-dealkylation sites (N-methyl/N-ethyl adjacent to an activating group) is 1. The van der Waals surface area contributed by atoms with Crippen LogP contribution in [0.5, 0.6) is 0 Å². The number of rotatable bonds is 6. The Balaban J connectivity index is 2.11. The van der Waals surface area contributed by atoms with E-state index < -0.39 is 0 Å². The second-order valence-corrected chi connectivity index (χ2v) is 8.76. The molecule has 3 unspecified atom stereocenters. The molecule has 1 saturated heterocycles. The molecule has 0 aromatic heterocycles. The van der Waals surface area contributed by atoms with Crippen molar-refractivity contribution in [1.29, 1.82) is 0 Å². The summed E-state index contributed by atoms with van der Waals surface area (Å²) in [6.45, 7) is 5.42. The van der Waals surface area contributed by atoms with E-state index in [4.69, 9.17) is 0 Å². The van der Waals surface area contributed by atoms with Gasteiger partial charge in [0.1, 0.15) is 5.82 Å². The van der Waals surface area contributed by atoms with Crippen molar-refractivity contribution < 1.29 is 4.39 Å². The van der Waals surface area contributed by atoms with Gasteiger partial charge in [0, 0.05) is 28.0 Å². The second-order valence-electron chi connectivity index (χ2n) is 5.27. The van der Waals surface area contributed by atoms with Gasteiger partial charge in [0.15, 0.2) is 0 Å². The number of nitrogens with one attached hydrogen (secondary N) is 1. The van der Waals surface area contributed by atoms with Crippen LogP contribution in [0.2, 0.25) is 0 Å². The average molecular weight is 392 g/mol. The normalized spacial score (nSPS) is 24.0. The number of thioether (sulfide) groups is 2. The first-order valence-electron chi connectivity index (χ1n) is 7.56. The number of hydrogen-bond donors (Lipinski definition) is 1. The van der Waals surface area contributed by atoms with Crippen LogP contribution in [0.1, 0.15) is 25.8 Å². The number of halogens is 2. The van der Waals surface area contributed by atoms with Crippen molar-refractivity contribution in [1.82, 2.24) is 5.32 Å². The average Bonchev–Trinajstić information content (AvgIpc) is 2.50. The van der Waals surface area contributed by atoms with Gasteiger partial charge >= 0.3 is 0 Å². The van der Waals surface area contributed by atoms with Crippen LogP contribution < -0.4 is 5.32 Å². The van der Waals surface area contributed by atoms with Crippen LogP contribution in [0, 0.1) is 5.82 Å². The minimum absolute atomic E-state index is 0.187. The summed E-state index contributed by atoms with van der Waals surface area (Å²) in [7, 11) is 0. The van der Waals surface area contributed by atoms with Gasteiger partial charge in [-0.15, -0.1) is 0 Å². The van der Waals surface area contributed by atoms with Crippen LogP contribution in [0.3, 0.4) is 0 Å². The third kappa shape index (κ3) is 4.88. The van der Waals surface area contributed by atoms with Gasteiger partial charge in [-0.05, 0) is 53.0 Å². The maximum absolute atomic E-state index is 13.4. The van der Waals surface area contributed by atoms with Crippen LogP contribution in [0.25, 0.3) is 0 Å². The highest BCUT2D eigenvalue weighted by molar-refractivity contribution is 9.10. The zero-order valence-electron chi connectivity index (χ0n) is 12.6. The minimum atomic E-state index is -0.187. The van der Waals surface area contributed by atoms with E-state index in [9.17, 15) is 4.39 Å². The first kappa shape index (κ1) is 17.6. The van der Waals surface area contributed by atoms with Crippen molar-refractivity contribution in [2.24, 2.45) is 0 Å². The molecule has 0 bridgehead atoms. The molecular formula is C16H23BrFNS2. The molecule has 1 nitrogen and oxygen atoms in total. The fourth-order valence-electron chi connectivity index (χ4n) is 2.80. The van der Waals surface area contributed by atoms with Crippen LogP contribution in [-0.4, -0.2) is 34.6 Å². The molecule has 1 N–H and O–H groups in total. The summed E-state index contributed by atoms with van der Waals surface area (Å²) in [4.78, 5) is 0. The molecular weight excluding hydrogens is 369 g/mol. The standard InChI is InChI=1S/C16H23BrFNS2/c1-3-15-16(21-8-7-20-15)14(19-4-2)10-11-5-6-13(18)12(17)9-11/h5-6,9,14-16,19H,3-4,7-8,10H2,1-2H3. The molecule has 118 valence electrons. The van der Waals surface area contributed by atoms with Gasteiger partial charge in [0.05, 0.1) is 4.47 Å². The minimum Gasteiger partial charge on any atom is -0.313 e. The van der Waals surface area contributed by atoms with E-state index in [1.165, 1.54) is 23.5 Å². The zero-order valence-corrected chi connectivity index (χ0v) is 15.8. The van der Waals surface area contributed by atoms with Gasteiger partial charge in [-0.3, -0.25) is 0 Å². The van der Waals surface area contributed by atoms with Crippen LogP contribution in [-0.2, 0) is 6.42 Å². The molecule has 5 heteroatoms. The van der Waals surface area contributed by atoms with E-state index in [2.05, 4.69) is 58.6 Å². The highest BCUT2D eigenvalue weighted by atomic mass is 79.9. The van der Waals surface area contributed by atoms with Crippen molar-refractivity contribution in [3.05, 3.63) is 34.1 Å². The molecule has 1 aliphatic rings. The highest BCUT2D eigenvalue weighted by Crippen LogP contribution is 2.36. The molecule has 3 atom stereocenters. The van der Waals surface area contributed by atoms with Gasteiger partial charge in [0.25, 0.3) is 0 Å². The van der Waals surface area contributed by atoms with Crippen molar-refractivity contribution >= 4 is 39.5 Å². The lowest BCUT2D eigenvalue weighted by Gasteiger charge is -2.36. The van der Waals surface area contributed by atoms with Crippen LogP contribution in [0.4, 0.5) is 4.39 Å². The van der Waals surface area contributed by atoms with E-state index in [1.807, 2.05) is 12.1 Å². The Morgan fingerprint density at radius 2 is 2.10 bits per heavy atom. The van der Waals surface area contributed by atoms with Crippen molar-refractivity contribution in [3.8, 4) is 0 Å². The SMILES string of the molecule is CCNC(Cc1ccc(F)c(Br)c1)C1SCCSC1CC. The quantitative estimate of drug-likeness (QED) is 0.751. The maximum Gasteiger partial charge on any atom is 0.137 e. The van der Waals surface area contributed by atoms with Gasteiger partial charge in [-0.25, -0.2) is 4.39 Å². The van der Waals surface area contributed by atoms with Crippen molar-refractivity contribution in [2.45, 2.75) is 43.2 Å². The molecule has 1 aromatic rings. The highest BCUT2D eigenvalue weighted by Gasteiger charge is 2.31. The summed E-state index contributed by atoms with van der Waals surface area (Å²) in [5.74, 6) is 2.31. The zero-order chi connectivity index (χ0) is 15.2. The van der Waals surface area contributed by atoms with Crippen molar-refractivity contribution in [2.75, 3.05) is 18.1 Å². The van der Waals surface area contributed by atoms with E-state index >= 15 is 0 Å². The molecule has 0 spiro atoms. The molecule has 2 rings (SSSR count). The maximum atomic E-state index is 13.4. The molecule has 0 radical (unpaired) electrons. The first-order valence-corrected chi connectivity index (χ1v) is 10.4. The lowest BCUT2D eigenvalue weighted by Crippen LogP contribution is -2.46. The third-order valence-electron chi connectivity index (χ3n) is 3.80. The Hall–Kier alpha value is 0.290. The Bertz CT molecular complexity index is 458. The van der Waals surface area contributed by atoms with E-state index in [1.54, 1.807) is 6.07 Å². The molecule has 1 aliphatic heterocycles. The Morgan fingerprint density at radius 1 is 1.33 bits per heavy atom. The van der Waals surface area contributed by atoms with Gasteiger partial charge < -0.3 is 5.32 Å². The van der Waals surface area contributed by atoms with Gasteiger partial charge in [-0.2, -0.15) is 23.5 Å². The Labute approximate surface area is 144 Å². The fourth-order valence-corrected chi connectivity index (χ4v) is 6.49.